The van der Waals surface area contributed by atoms with Gasteiger partial charge in [-0.15, -0.1) is 0 Å². The molecule has 2 aromatic carbocycles. The normalized spacial score (nSPS) is 9.89. The third kappa shape index (κ3) is 2.49. The highest BCUT2D eigenvalue weighted by Crippen LogP contribution is 2.28. The molecule has 0 aliphatic rings. The van der Waals surface area contributed by atoms with Gasteiger partial charge in [-0.1, -0.05) is 28.1 Å². The average Bonchev–Trinajstić information content (AvgIpc) is 2.34. The van der Waals surface area contributed by atoms with E-state index in [1.165, 1.54) is 0 Å². The van der Waals surface area contributed by atoms with Crippen molar-refractivity contribution in [2.75, 3.05) is 5.32 Å². The van der Waals surface area contributed by atoms with Gasteiger partial charge in [0.2, 0.25) is 0 Å². The summed E-state index contributed by atoms with van der Waals surface area (Å²) in [6.45, 7) is 0. The fourth-order valence-electron chi connectivity index (χ4n) is 1.49. The molecule has 0 unspecified atom stereocenters. The van der Waals surface area contributed by atoms with Gasteiger partial charge < -0.3 is 5.32 Å². The Morgan fingerprint density at radius 3 is 2.33 bits per heavy atom. The zero-order valence-corrected chi connectivity index (χ0v) is 10.6. The first-order valence-electron chi connectivity index (χ1n) is 5.02. The predicted molar refractivity (Wildman–Crippen MR) is 68.5 cm³/mol. The Balaban J connectivity index is 2.44. The topological polar surface area (TPSA) is 35.8 Å². The first-order valence-corrected chi connectivity index (χ1v) is 5.82. The number of benzene rings is 2. The summed E-state index contributed by atoms with van der Waals surface area (Å²) in [5, 5.41) is 11.5. The Morgan fingerprint density at radius 1 is 1.11 bits per heavy atom. The van der Waals surface area contributed by atoms with Crippen LogP contribution >= 0.6 is 15.9 Å². The zero-order valence-electron chi connectivity index (χ0n) is 9.05. The van der Waals surface area contributed by atoms with Crippen molar-refractivity contribution >= 4 is 27.3 Å². The van der Waals surface area contributed by atoms with Gasteiger partial charge in [-0.3, -0.25) is 0 Å². The van der Waals surface area contributed by atoms with E-state index in [4.69, 9.17) is 5.26 Å². The van der Waals surface area contributed by atoms with E-state index in [-0.39, 0.29) is 5.69 Å². The third-order valence-corrected chi connectivity index (χ3v) is 2.77. The molecule has 2 rings (SSSR count). The fraction of sp³-hybridized carbons (Fsp3) is 0. The van der Waals surface area contributed by atoms with E-state index in [0.717, 1.165) is 12.1 Å². The number of hydrogen-bond donors (Lipinski definition) is 1. The molecule has 0 heterocycles. The van der Waals surface area contributed by atoms with Crippen molar-refractivity contribution in [3.63, 3.8) is 0 Å². The minimum Gasteiger partial charge on any atom is -0.350 e. The van der Waals surface area contributed by atoms with Crippen LogP contribution in [0.2, 0.25) is 0 Å². The summed E-state index contributed by atoms with van der Waals surface area (Å²) in [6.07, 6.45) is 0. The first-order chi connectivity index (χ1) is 8.61. The number of nitriles is 1. The Labute approximate surface area is 111 Å². The molecule has 0 saturated carbocycles. The maximum Gasteiger partial charge on any atom is 0.150 e. The molecule has 0 aliphatic carbocycles. The van der Waals surface area contributed by atoms with Crippen molar-refractivity contribution in [3.8, 4) is 6.07 Å². The quantitative estimate of drug-likeness (QED) is 0.895. The Morgan fingerprint density at radius 2 is 1.72 bits per heavy atom. The lowest BCUT2D eigenvalue weighted by atomic mass is 10.2. The van der Waals surface area contributed by atoms with Gasteiger partial charge in [0.05, 0.1) is 11.3 Å². The van der Waals surface area contributed by atoms with Crippen molar-refractivity contribution in [2.24, 2.45) is 0 Å². The summed E-state index contributed by atoms with van der Waals surface area (Å²) >= 11 is 3.00. The molecule has 0 spiro atoms. The van der Waals surface area contributed by atoms with E-state index in [1.54, 1.807) is 24.3 Å². The summed E-state index contributed by atoms with van der Waals surface area (Å²) in [7, 11) is 0. The molecule has 0 radical (unpaired) electrons. The summed E-state index contributed by atoms with van der Waals surface area (Å²) in [6, 6.07) is 10.8. The van der Waals surface area contributed by atoms with Gasteiger partial charge in [0, 0.05) is 4.47 Å². The van der Waals surface area contributed by atoms with Crippen LogP contribution in [0, 0.1) is 23.0 Å². The Hall–Kier alpha value is -1.93. The number of anilines is 2. The molecule has 1 N–H and O–H groups in total. The lowest BCUT2D eigenvalue weighted by Crippen LogP contribution is -1.99. The number of hydrogen-bond acceptors (Lipinski definition) is 2. The van der Waals surface area contributed by atoms with Gasteiger partial charge in [-0.25, -0.2) is 8.78 Å². The van der Waals surface area contributed by atoms with Gasteiger partial charge in [-0.05, 0) is 24.3 Å². The standard InChI is InChI=1S/C13H7BrF2N2/c14-9-5-10(15)13(11(16)6-9)18-12-4-2-1-3-8(12)7-17/h1-6,18H. The van der Waals surface area contributed by atoms with Crippen molar-refractivity contribution < 1.29 is 8.78 Å². The molecule has 0 saturated heterocycles. The van der Waals surface area contributed by atoms with Gasteiger partial charge in [0.15, 0.2) is 11.6 Å². The van der Waals surface area contributed by atoms with Crippen molar-refractivity contribution in [1.82, 2.24) is 0 Å². The van der Waals surface area contributed by atoms with Crippen LogP contribution in [0.1, 0.15) is 5.56 Å². The molecule has 0 bridgehead atoms. The lowest BCUT2D eigenvalue weighted by molar-refractivity contribution is 0.589. The molecular weight excluding hydrogens is 302 g/mol. The minimum atomic E-state index is -0.727. The monoisotopic (exact) mass is 308 g/mol. The molecule has 2 aromatic rings. The fourth-order valence-corrected chi connectivity index (χ4v) is 1.89. The van der Waals surface area contributed by atoms with Crippen LogP contribution in [-0.4, -0.2) is 0 Å². The van der Waals surface area contributed by atoms with E-state index in [2.05, 4.69) is 21.2 Å². The molecule has 2 nitrogen and oxygen atoms in total. The summed E-state index contributed by atoms with van der Waals surface area (Å²) < 4.78 is 27.6. The number of halogens is 3. The summed E-state index contributed by atoms with van der Waals surface area (Å²) in [5.74, 6) is -1.45. The number of nitrogens with zero attached hydrogens (tertiary/aromatic N) is 1. The van der Waals surface area contributed by atoms with Gasteiger partial charge >= 0.3 is 0 Å². The molecule has 18 heavy (non-hydrogen) atoms. The van der Waals surface area contributed by atoms with Crippen LogP contribution in [0.4, 0.5) is 20.2 Å². The number of rotatable bonds is 2. The maximum absolute atomic E-state index is 13.6. The van der Waals surface area contributed by atoms with Gasteiger partial charge in [-0.2, -0.15) is 5.26 Å². The second-order valence-corrected chi connectivity index (χ2v) is 4.44. The molecule has 0 fully saturated rings. The minimum absolute atomic E-state index is 0.277. The Kier molecular flexibility index (Phi) is 3.58. The molecule has 90 valence electrons. The van der Waals surface area contributed by atoms with Crippen molar-refractivity contribution in [1.29, 1.82) is 5.26 Å². The summed E-state index contributed by atoms with van der Waals surface area (Å²) in [5.41, 5.74) is 0.403. The van der Waals surface area contributed by atoms with Crippen LogP contribution < -0.4 is 5.32 Å². The van der Waals surface area contributed by atoms with Crippen molar-refractivity contribution in [3.05, 3.63) is 58.1 Å². The van der Waals surface area contributed by atoms with Crippen LogP contribution in [0.25, 0.3) is 0 Å². The van der Waals surface area contributed by atoms with E-state index < -0.39 is 11.6 Å². The molecule has 0 aromatic heterocycles. The molecule has 0 atom stereocenters. The second-order valence-electron chi connectivity index (χ2n) is 3.53. The van der Waals surface area contributed by atoms with Crippen molar-refractivity contribution in [2.45, 2.75) is 0 Å². The zero-order chi connectivity index (χ0) is 13.1. The average molecular weight is 309 g/mol. The largest absolute Gasteiger partial charge is 0.350 e. The smallest absolute Gasteiger partial charge is 0.150 e. The molecular formula is C13H7BrF2N2. The molecule has 0 amide bonds. The van der Waals surface area contributed by atoms with Gasteiger partial charge in [0.1, 0.15) is 11.8 Å². The van der Waals surface area contributed by atoms with Crippen LogP contribution in [0.15, 0.2) is 40.9 Å². The van der Waals surface area contributed by atoms with E-state index in [9.17, 15) is 8.78 Å². The molecule has 0 aliphatic heterocycles. The maximum atomic E-state index is 13.6. The summed E-state index contributed by atoms with van der Waals surface area (Å²) in [4.78, 5) is 0. The SMILES string of the molecule is N#Cc1ccccc1Nc1c(F)cc(Br)cc1F. The number of para-hydroxylation sites is 1. The highest BCUT2D eigenvalue weighted by molar-refractivity contribution is 9.10. The lowest BCUT2D eigenvalue weighted by Gasteiger charge is -2.10. The third-order valence-electron chi connectivity index (χ3n) is 2.31. The highest BCUT2D eigenvalue weighted by Gasteiger charge is 2.12. The predicted octanol–water partition coefficient (Wildman–Crippen LogP) is 4.34. The Bertz CT molecular complexity index is 612. The molecule has 5 heteroatoms. The second kappa shape index (κ2) is 5.15. The highest BCUT2D eigenvalue weighted by atomic mass is 79.9. The van der Waals surface area contributed by atoms with Crippen LogP contribution in [0.5, 0.6) is 0 Å². The first kappa shape index (κ1) is 12.5. The van der Waals surface area contributed by atoms with E-state index in [0.29, 0.717) is 15.7 Å². The van der Waals surface area contributed by atoms with E-state index in [1.807, 2.05) is 6.07 Å². The van der Waals surface area contributed by atoms with Crippen LogP contribution in [0.3, 0.4) is 0 Å². The van der Waals surface area contributed by atoms with Crippen LogP contribution in [-0.2, 0) is 0 Å². The van der Waals surface area contributed by atoms with E-state index >= 15 is 0 Å². The van der Waals surface area contributed by atoms with Gasteiger partial charge in [0.25, 0.3) is 0 Å². The number of nitrogens with one attached hydrogen (secondary N) is 1.